The minimum Gasteiger partial charge on any atom is -0.338 e. The van der Waals surface area contributed by atoms with Gasteiger partial charge in [-0.2, -0.15) is 0 Å². The SMILES string of the molecule is Cn1ccnc1CC(=O)c1cnccn1. The van der Waals surface area contributed by atoms with Crippen molar-refractivity contribution < 1.29 is 4.79 Å². The zero-order valence-electron chi connectivity index (χ0n) is 8.29. The lowest BCUT2D eigenvalue weighted by Gasteiger charge is -2.00. The second kappa shape index (κ2) is 4.00. The van der Waals surface area contributed by atoms with Gasteiger partial charge in [-0.3, -0.25) is 9.78 Å². The van der Waals surface area contributed by atoms with E-state index in [9.17, 15) is 4.79 Å². The van der Waals surface area contributed by atoms with Crippen molar-refractivity contribution in [2.24, 2.45) is 7.05 Å². The van der Waals surface area contributed by atoms with Gasteiger partial charge >= 0.3 is 0 Å². The Hall–Kier alpha value is -2.04. The fourth-order valence-corrected chi connectivity index (χ4v) is 1.24. The number of nitrogens with zero attached hydrogens (tertiary/aromatic N) is 4. The van der Waals surface area contributed by atoms with Crippen molar-refractivity contribution in [1.29, 1.82) is 0 Å². The van der Waals surface area contributed by atoms with Crippen LogP contribution in [0.25, 0.3) is 0 Å². The molecule has 0 aliphatic rings. The molecule has 0 unspecified atom stereocenters. The standard InChI is InChI=1S/C10H10N4O/c1-14-5-4-13-10(14)6-9(15)8-7-11-2-3-12-8/h2-5,7H,6H2,1H3. The summed E-state index contributed by atoms with van der Waals surface area (Å²) in [7, 11) is 1.85. The summed E-state index contributed by atoms with van der Waals surface area (Å²) in [4.78, 5) is 23.6. The average Bonchev–Trinajstić information content (AvgIpc) is 2.66. The van der Waals surface area contributed by atoms with E-state index in [1.54, 1.807) is 12.4 Å². The number of aryl methyl sites for hydroxylation is 1. The maximum Gasteiger partial charge on any atom is 0.190 e. The Morgan fingerprint density at radius 2 is 2.20 bits per heavy atom. The first-order valence-corrected chi connectivity index (χ1v) is 4.53. The predicted molar refractivity (Wildman–Crippen MR) is 53.3 cm³/mol. The van der Waals surface area contributed by atoms with E-state index in [4.69, 9.17) is 0 Å². The Kier molecular flexibility index (Phi) is 2.53. The Morgan fingerprint density at radius 3 is 2.80 bits per heavy atom. The van der Waals surface area contributed by atoms with Gasteiger partial charge in [-0.05, 0) is 0 Å². The second-order valence-corrected chi connectivity index (χ2v) is 3.14. The van der Waals surface area contributed by atoms with Gasteiger partial charge < -0.3 is 4.57 Å². The van der Waals surface area contributed by atoms with E-state index in [1.165, 1.54) is 18.6 Å². The molecular formula is C10H10N4O. The number of rotatable bonds is 3. The van der Waals surface area contributed by atoms with Gasteiger partial charge in [-0.25, -0.2) is 9.97 Å². The Morgan fingerprint density at radius 1 is 1.33 bits per heavy atom. The van der Waals surface area contributed by atoms with Crippen molar-refractivity contribution in [1.82, 2.24) is 19.5 Å². The van der Waals surface area contributed by atoms with E-state index in [1.807, 2.05) is 11.6 Å². The summed E-state index contributed by atoms with van der Waals surface area (Å²) in [5.41, 5.74) is 0.375. The van der Waals surface area contributed by atoms with E-state index in [0.29, 0.717) is 5.69 Å². The molecule has 0 saturated carbocycles. The monoisotopic (exact) mass is 202 g/mol. The van der Waals surface area contributed by atoms with Crippen LogP contribution >= 0.6 is 0 Å². The first kappa shape index (κ1) is 9.51. The molecule has 0 fully saturated rings. The number of aromatic nitrogens is 4. The van der Waals surface area contributed by atoms with Crippen LogP contribution in [-0.2, 0) is 13.5 Å². The number of hydrogen-bond donors (Lipinski definition) is 0. The van der Waals surface area contributed by atoms with Crippen LogP contribution in [0.3, 0.4) is 0 Å². The summed E-state index contributed by atoms with van der Waals surface area (Å²) < 4.78 is 1.81. The zero-order chi connectivity index (χ0) is 10.7. The first-order chi connectivity index (χ1) is 7.27. The Balaban J connectivity index is 2.15. The molecule has 2 rings (SSSR count). The van der Waals surface area contributed by atoms with Gasteiger partial charge in [0.15, 0.2) is 5.78 Å². The zero-order valence-corrected chi connectivity index (χ0v) is 8.29. The molecule has 2 aromatic rings. The van der Waals surface area contributed by atoms with Crippen molar-refractivity contribution in [2.45, 2.75) is 6.42 Å². The molecule has 15 heavy (non-hydrogen) atoms. The molecule has 0 N–H and O–H groups in total. The second-order valence-electron chi connectivity index (χ2n) is 3.14. The van der Waals surface area contributed by atoms with Crippen molar-refractivity contribution in [3.05, 3.63) is 42.5 Å². The van der Waals surface area contributed by atoms with Crippen LogP contribution in [0.1, 0.15) is 16.3 Å². The Labute approximate surface area is 86.8 Å². The highest BCUT2D eigenvalue weighted by Crippen LogP contribution is 2.01. The van der Waals surface area contributed by atoms with Gasteiger partial charge in [-0.15, -0.1) is 0 Å². The minimum absolute atomic E-state index is 0.0719. The lowest BCUT2D eigenvalue weighted by Crippen LogP contribution is -2.09. The van der Waals surface area contributed by atoms with E-state index < -0.39 is 0 Å². The number of imidazole rings is 1. The van der Waals surface area contributed by atoms with Crippen LogP contribution in [0, 0.1) is 0 Å². The van der Waals surface area contributed by atoms with Gasteiger partial charge in [0.1, 0.15) is 11.5 Å². The highest BCUT2D eigenvalue weighted by atomic mass is 16.1. The van der Waals surface area contributed by atoms with Crippen molar-refractivity contribution in [3.8, 4) is 0 Å². The molecule has 0 saturated heterocycles. The number of carbonyl (C=O) groups excluding carboxylic acids is 1. The van der Waals surface area contributed by atoms with Crippen LogP contribution in [0.15, 0.2) is 31.0 Å². The van der Waals surface area contributed by atoms with E-state index in [-0.39, 0.29) is 12.2 Å². The predicted octanol–water partition coefficient (Wildman–Crippen LogP) is 0.635. The van der Waals surface area contributed by atoms with Crippen LogP contribution < -0.4 is 0 Å². The van der Waals surface area contributed by atoms with E-state index in [2.05, 4.69) is 15.0 Å². The average molecular weight is 202 g/mol. The third-order valence-corrected chi connectivity index (χ3v) is 2.09. The molecule has 2 heterocycles. The molecule has 5 heteroatoms. The maximum atomic E-state index is 11.7. The van der Waals surface area contributed by atoms with Crippen LogP contribution in [0.2, 0.25) is 0 Å². The fraction of sp³-hybridized carbons (Fsp3) is 0.200. The number of Topliss-reactive ketones (excluding diaryl/α,β-unsaturated/α-hetero) is 1. The van der Waals surface area contributed by atoms with Crippen molar-refractivity contribution >= 4 is 5.78 Å². The summed E-state index contributed by atoms with van der Waals surface area (Å²) in [6.45, 7) is 0. The van der Waals surface area contributed by atoms with E-state index >= 15 is 0 Å². The lowest BCUT2D eigenvalue weighted by molar-refractivity contribution is 0.0985. The topological polar surface area (TPSA) is 60.7 Å². The molecule has 0 spiro atoms. The maximum absolute atomic E-state index is 11.7. The molecule has 0 bridgehead atoms. The van der Waals surface area contributed by atoms with Crippen molar-refractivity contribution in [2.75, 3.05) is 0 Å². The Bertz CT molecular complexity index is 463. The fourth-order valence-electron chi connectivity index (χ4n) is 1.24. The van der Waals surface area contributed by atoms with Crippen molar-refractivity contribution in [3.63, 3.8) is 0 Å². The highest BCUT2D eigenvalue weighted by molar-refractivity contribution is 5.94. The molecule has 0 radical (unpaired) electrons. The summed E-state index contributed by atoms with van der Waals surface area (Å²) in [5.74, 6) is 0.656. The molecule has 0 aromatic carbocycles. The summed E-state index contributed by atoms with van der Waals surface area (Å²) in [6.07, 6.45) is 8.23. The summed E-state index contributed by atoms with van der Waals surface area (Å²) in [6, 6.07) is 0. The number of carbonyl (C=O) groups is 1. The van der Waals surface area contributed by atoms with Crippen LogP contribution in [0.4, 0.5) is 0 Å². The molecular weight excluding hydrogens is 192 g/mol. The molecule has 0 amide bonds. The van der Waals surface area contributed by atoms with Gasteiger partial charge in [-0.1, -0.05) is 0 Å². The minimum atomic E-state index is -0.0719. The van der Waals surface area contributed by atoms with Gasteiger partial charge in [0, 0.05) is 31.8 Å². The van der Waals surface area contributed by atoms with Crippen LogP contribution in [0.5, 0.6) is 0 Å². The lowest BCUT2D eigenvalue weighted by atomic mass is 10.2. The summed E-state index contributed by atoms with van der Waals surface area (Å²) >= 11 is 0. The van der Waals surface area contributed by atoms with E-state index in [0.717, 1.165) is 5.82 Å². The molecule has 2 aromatic heterocycles. The van der Waals surface area contributed by atoms with Gasteiger partial charge in [0.25, 0.3) is 0 Å². The van der Waals surface area contributed by atoms with Gasteiger partial charge in [0.2, 0.25) is 0 Å². The third kappa shape index (κ3) is 2.07. The van der Waals surface area contributed by atoms with Gasteiger partial charge in [0.05, 0.1) is 12.6 Å². The number of hydrogen-bond acceptors (Lipinski definition) is 4. The largest absolute Gasteiger partial charge is 0.338 e. The molecule has 0 atom stereocenters. The van der Waals surface area contributed by atoms with Crippen LogP contribution in [-0.4, -0.2) is 25.3 Å². The quantitative estimate of drug-likeness (QED) is 0.685. The number of ketones is 1. The normalized spacial score (nSPS) is 10.2. The smallest absolute Gasteiger partial charge is 0.190 e. The highest BCUT2D eigenvalue weighted by Gasteiger charge is 2.10. The summed E-state index contributed by atoms with van der Waals surface area (Å²) in [5, 5.41) is 0. The molecule has 5 nitrogen and oxygen atoms in total. The first-order valence-electron chi connectivity index (χ1n) is 4.53. The molecule has 76 valence electrons. The third-order valence-electron chi connectivity index (χ3n) is 2.09. The molecule has 0 aliphatic heterocycles. The molecule has 0 aliphatic carbocycles.